The van der Waals surface area contributed by atoms with E-state index in [4.69, 9.17) is 9.47 Å². The molecule has 0 bridgehead atoms. The number of rotatable bonds is 4. The zero-order valence-electron chi connectivity index (χ0n) is 7.17. The van der Waals surface area contributed by atoms with Crippen molar-refractivity contribution in [1.82, 2.24) is 0 Å². The minimum Gasteiger partial charge on any atom is -0.449 e. The van der Waals surface area contributed by atoms with Gasteiger partial charge in [-0.25, -0.2) is 0 Å². The molecule has 1 aliphatic heterocycles. The van der Waals surface area contributed by atoms with Crippen molar-refractivity contribution in [2.75, 3.05) is 6.61 Å². The van der Waals surface area contributed by atoms with Crippen molar-refractivity contribution in [3.63, 3.8) is 0 Å². The summed E-state index contributed by atoms with van der Waals surface area (Å²) >= 11 is 0. The zero-order valence-corrected chi connectivity index (χ0v) is 7.17. The van der Waals surface area contributed by atoms with Gasteiger partial charge in [0.25, 0.3) is 0 Å². The quantitative estimate of drug-likeness (QED) is 0.512. The molecular weight excluding hydrogens is 152 g/mol. The van der Waals surface area contributed by atoms with Gasteiger partial charge in [0.1, 0.15) is 0 Å². The molecule has 0 saturated carbocycles. The summed E-state index contributed by atoms with van der Waals surface area (Å²) in [5, 5.41) is 0. The summed E-state index contributed by atoms with van der Waals surface area (Å²) in [5.74, 6) is 2.03. The molecule has 0 saturated heterocycles. The first-order valence-electron chi connectivity index (χ1n) is 4.29. The summed E-state index contributed by atoms with van der Waals surface area (Å²) in [7, 11) is 0. The lowest BCUT2D eigenvalue weighted by Gasteiger charge is -1.99. The normalized spacial score (nSPS) is 12.1. The van der Waals surface area contributed by atoms with Gasteiger partial charge in [-0.3, -0.25) is 0 Å². The van der Waals surface area contributed by atoms with E-state index in [-0.39, 0.29) is 0 Å². The first kappa shape index (κ1) is 7.62. The molecule has 12 heavy (non-hydrogen) atoms. The Hall–Kier alpha value is -1.02. The van der Waals surface area contributed by atoms with Crippen molar-refractivity contribution in [2.24, 2.45) is 0 Å². The maximum atomic E-state index is 5.40. The van der Waals surface area contributed by atoms with E-state index in [1.54, 1.807) is 0 Å². The highest BCUT2D eigenvalue weighted by molar-refractivity contribution is 5.58. The second-order valence-corrected chi connectivity index (χ2v) is 2.90. The number of ether oxygens (including phenoxy) is 2. The summed E-state index contributed by atoms with van der Waals surface area (Å²) in [6.45, 7) is 3.61. The van der Waals surface area contributed by atoms with Crippen molar-refractivity contribution in [1.29, 1.82) is 0 Å². The molecule has 2 rings (SSSR count). The van der Waals surface area contributed by atoms with E-state index < -0.39 is 0 Å². The lowest BCUT2D eigenvalue weighted by molar-refractivity contribution is 0.121. The third-order valence-electron chi connectivity index (χ3n) is 1.84. The van der Waals surface area contributed by atoms with E-state index in [1.165, 1.54) is 5.56 Å². The van der Waals surface area contributed by atoms with Crippen molar-refractivity contribution in [2.45, 2.75) is 20.0 Å². The molecule has 0 atom stereocenters. The van der Waals surface area contributed by atoms with Gasteiger partial charge in [-0.15, -0.1) is 0 Å². The number of fused-ring (bicyclic) bond motifs is 1. The molecule has 0 aromatic heterocycles. The highest BCUT2D eigenvalue weighted by atomic mass is 16.6. The molecule has 1 aliphatic rings. The lowest BCUT2D eigenvalue weighted by atomic mass is 10.2. The molecule has 2 nitrogen and oxygen atoms in total. The fourth-order valence-corrected chi connectivity index (χ4v) is 1.19. The first-order chi connectivity index (χ1) is 5.92. The fourth-order valence-electron chi connectivity index (χ4n) is 1.19. The van der Waals surface area contributed by atoms with Gasteiger partial charge in [-0.2, -0.15) is 0 Å². The average molecular weight is 164 g/mol. The molecule has 0 aliphatic carbocycles. The third kappa shape index (κ3) is 1.43. The van der Waals surface area contributed by atoms with Crippen molar-refractivity contribution in [3.8, 4) is 11.5 Å². The Balaban J connectivity index is 1.93. The molecule has 2 heteroatoms. The number of hydrogen-bond acceptors (Lipinski definition) is 2. The molecule has 0 fully saturated rings. The van der Waals surface area contributed by atoms with Crippen LogP contribution in [0.4, 0.5) is 0 Å². The van der Waals surface area contributed by atoms with E-state index in [0.717, 1.165) is 24.5 Å². The van der Waals surface area contributed by atoms with Crippen LogP contribution in [0.1, 0.15) is 18.9 Å². The van der Waals surface area contributed by atoms with Crippen LogP contribution >= 0.6 is 0 Å². The van der Waals surface area contributed by atoms with Gasteiger partial charge < -0.3 is 9.47 Å². The van der Waals surface area contributed by atoms with Gasteiger partial charge >= 0.3 is 0 Å². The van der Waals surface area contributed by atoms with E-state index >= 15 is 0 Å². The molecule has 64 valence electrons. The Kier molecular flexibility index (Phi) is 2.00. The summed E-state index contributed by atoms with van der Waals surface area (Å²) in [6, 6.07) is 6.01. The van der Waals surface area contributed by atoms with Crippen molar-refractivity contribution < 1.29 is 9.47 Å². The molecule has 0 radical (unpaired) electrons. The van der Waals surface area contributed by atoms with Gasteiger partial charge in [0.2, 0.25) is 0 Å². The second-order valence-electron chi connectivity index (χ2n) is 2.90. The first-order valence-corrected chi connectivity index (χ1v) is 4.29. The maximum absolute atomic E-state index is 5.40. The van der Waals surface area contributed by atoms with Crippen LogP contribution in [0.15, 0.2) is 18.2 Å². The Morgan fingerprint density at radius 2 is 2.33 bits per heavy atom. The van der Waals surface area contributed by atoms with Crippen molar-refractivity contribution >= 4 is 0 Å². The van der Waals surface area contributed by atoms with Crippen LogP contribution in [0.25, 0.3) is 0 Å². The summed E-state index contributed by atoms with van der Waals surface area (Å²) in [4.78, 5) is 0. The summed E-state index contributed by atoms with van der Waals surface area (Å²) in [6.07, 6.45) is 1.07. The Morgan fingerprint density at radius 3 is 3.17 bits per heavy atom. The van der Waals surface area contributed by atoms with Gasteiger partial charge in [-0.1, -0.05) is 19.1 Å². The minimum atomic E-state index is 0.678. The molecule has 0 amide bonds. The molecule has 1 aromatic carbocycles. The van der Waals surface area contributed by atoms with Crippen LogP contribution in [0.3, 0.4) is 0 Å². The van der Waals surface area contributed by atoms with E-state index in [1.807, 2.05) is 18.2 Å². The Morgan fingerprint density at radius 1 is 1.42 bits per heavy atom. The average Bonchev–Trinajstić information content (AvgIpc) is 2.84. The lowest BCUT2D eigenvalue weighted by Crippen LogP contribution is -1.92. The Bertz CT molecular complexity index is 281. The number of hydrogen-bond donors (Lipinski definition) is 0. The van der Waals surface area contributed by atoms with Crippen LogP contribution in [-0.2, 0) is 11.3 Å². The summed E-state index contributed by atoms with van der Waals surface area (Å²) in [5.41, 5.74) is 1.17. The highest BCUT2D eigenvalue weighted by Crippen LogP contribution is 2.47. The summed E-state index contributed by atoms with van der Waals surface area (Å²) < 4.78 is 10.6. The molecule has 0 unspecified atom stereocenters. The van der Waals surface area contributed by atoms with Crippen LogP contribution in [0, 0.1) is 0 Å². The van der Waals surface area contributed by atoms with E-state index in [0.29, 0.717) is 6.61 Å². The van der Waals surface area contributed by atoms with Crippen LogP contribution in [0.2, 0.25) is 0 Å². The second kappa shape index (κ2) is 3.15. The standard InChI is InChI=1S/C10H12O2/c1-2-6-11-7-8-4-3-5-9-10(8)12-9/h3-5H,2,6-7H2,1H3. The topological polar surface area (TPSA) is 21.8 Å². The molecule has 0 N–H and O–H groups in total. The van der Waals surface area contributed by atoms with E-state index in [9.17, 15) is 0 Å². The van der Waals surface area contributed by atoms with Crippen molar-refractivity contribution in [3.05, 3.63) is 23.8 Å². The van der Waals surface area contributed by atoms with Crippen LogP contribution in [0.5, 0.6) is 11.5 Å². The number of benzene rings is 1. The minimum absolute atomic E-state index is 0.678. The van der Waals surface area contributed by atoms with Gasteiger partial charge in [0, 0.05) is 12.2 Å². The predicted molar refractivity (Wildman–Crippen MR) is 46.5 cm³/mol. The number of para-hydroxylation sites is 1. The van der Waals surface area contributed by atoms with Crippen LogP contribution < -0.4 is 4.74 Å². The van der Waals surface area contributed by atoms with Gasteiger partial charge in [-0.05, 0) is 12.5 Å². The Labute approximate surface area is 72.1 Å². The SMILES string of the molecule is CCCOCc1cccc2c1O2. The highest BCUT2D eigenvalue weighted by Gasteiger charge is 2.23. The fraction of sp³-hybridized carbons (Fsp3) is 0.400. The molecule has 1 heterocycles. The van der Waals surface area contributed by atoms with Crippen LogP contribution in [-0.4, -0.2) is 6.61 Å². The maximum Gasteiger partial charge on any atom is 0.175 e. The molecular formula is C10H12O2. The molecule has 0 spiro atoms. The van der Waals surface area contributed by atoms with E-state index in [2.05, 4.69) is 6.92 Å². The van der Waals surface area contributed by atoms with Gasteiger partial charge in [0.15, 0.2) is 11.5 Å². The third-order valence-corrected chi connectivity index (χ3v) is 1.84. The zero-order chi connectivity index (χ0) is 8.39. The molecule has 1 aromatic rings. The van der Waals surface area contributed by atoms with Gasteiger partial charge in [0.05, 0.1) is 6.61 Å². The largest absolute Gasteiger partial charge is 0.449 e. The monoisotopic (exact) mass is 164 g/mol. The predicted octanol–water partition coefficient (Wildman–Crippen LogP) is 2.72. The smallest absolute Gasteiger partial charge is 0.175 e.